The molecule has 1 rings (SSSR count). The van der Waals surface area contributed by atoms with E-state index in [4.69, 9.17) is 21.1 Å². The summed E-state index contributed by atoms with van der Waals surface area (Å²) in [6.45, 7) is 2.83. The van der Waals surface area contributed by atoms with Crippen LogP contribution in [-0.4, -0.2) is 38.5 Å². The molecule has 0 unspecified atom stereocenters. The monoisotopic (exact) mass is 244 g/mol. The average molecular weight is 245 g/mol. The van der Waals surface area contributed by atoms with Crippen LogP contribution in [0.25, 0.3) is 0 Å². The molecule has 0 aliphatic carbocycles. The number of nitrogens with one attached hydrogen (secondary N) is 1. The van der Waals surface area contributed by atoms with E-state index in [9.17, 15) is 0 Å². The SMILES string of the molecule is COCCOCCCNc1cccc(Cl)n1. The van der Waals surface area contributed by atoms with Gasteiger partial charge in [0.05, 0.1) is 13.2 Å². The Morgan fingerprint density at radius 3 is 2.94 bits per heavy atom. The summed E-state index contributed by atoms with van der Waals surface area (Å²) in [5.41, 5.74) is 0. The minimum Gasteiger partial charge on any atom is -0.382 e. The fourth-order valence-corrected chi connectivity index (χ4v) is 1.31. The number of nitrogens with zero attached hydrogens (tertiary/aromatic N) is 1. The zero-order valence-electron chi connectivity index (χ0n) is 9.41. The summed E-state index contributed by atoms with van der Waals surface area (Å²) < 4.78 is 10.2. The largest absolute Gasteiger partial charge is 0.382 e. The van der Waals surface area contributed by atoms with Crippen LogP contribution in [0.1, 0.15) is 6.42 Å². The van der Waals surface area contributed by atoms with Crippen LogP contribution in [0.15, 0.2) is 18.2 Å². The Morgan fingerprint density at radius 2 is 2.19 bits per heavy atom. The van der Waals surface area contributed by atoms with Crippen LogP contribution in [0, 0.1) is 0 Å². The summed E-state index contributed by atoms with van der Waals surface area (Å²) in [5, 5.41) is 3.67. The van der Waals surface area contributed by atoms with Crippen LogP contribution in [0.5, 0.6) is 0 Å². The van der Waals surface area contributed by atoms with Crippen molar-refractivity contribution in [3.8, 4) is 0 Å². The van der Waals surface area contributed by atoms with Gasteiger partial charge in [-0.2, -0.15) is 0 Å². The predicted octanol–water partition coefficient (Wildman–Crippen LogP) is 2.20. The molecule has 0 bridgehead atoms. The number of hydrogen-bond donors (Lipinski definition) is 1. The molecule has 16 heavy (non-hydrogen) atoms. The van der Waals surface area contributed by atoms with E-state index in [0.717, 1.165) is 25.4 Å². The predicted molar refractivity (Wildman–Crippen MR) is 65.0 cm³/mol. The minimum absolute atomic E-state index is 0.501. The number of pyridine rings is 1. The quantitative estimate of drug-likeness (QED) is 0.563. The van der Waals surface area contributed by atoms with E-state index in [0.29, 0.717) is 18.4 Å². The molecule has 0 amide bonds. The number of hydrogen-bond acceptors (Lipinski definition) is 4. The third-order valence-electron chi connectivity index (χ3n) is 1.92. The molecular formula is C11H17ClN2O2. The molecular weight excluding hydrogens is 228 g/mol. The number of aromatic nitrogens is 1. The van der Waals surface area contributed by atoms with Crippen molar-refractivity contribution < 1.29 is 9.47 Å². The molecule has 0 fully saturated rings. The first-order valence-electron chi connectivity index (χ1n) is 5.26. The normalized spacial score (nSPS) is 10.4. The Kier molecular flexibility index (Phi) is 6.88. The zero-order valence-corrected chi connectivity index (χ0v) is 10.2. The van der Waals surface area contributed by atoms with Crippen molar-refractivity contribution in [2.24, 2.45) is 0 Å². The maximum absolute atomic E-state index is 5.75. The van der Waals surface area contributed by atoms with E-state index in [1.54, 1.807) is 13.2 Å². The molecule has 0 aromatic carbocycles. The van der Waals surface area contributed by atoms with Crippen LogP contribution in [0.4, 0.5) is 5.82 Å². The fourth-order valence-electron chi connectivity index (χ4n) is 1.14. The van der Waals surface area contributed by atoms with Gasteiger partial charge in [-0.05, 0) is 18.6 Å². The van der Waals surface area contributed by atoms with Crippen LogP contribution < -0.4 is 5.32 Å². The van der Waals surface area contributed by atoms with Crippen molar-refractivity contribution in [3.63, 3.8) is 0 Å². The highest BCUT2D eigenvalue weighted by Gasteiger charge is 1.94. The van der Waals surface area contributed by atoms with E-state index >= 15 is 0 Å². The van der Waals surface area contributed by atoms with Crippen molar-refractivity contribution in [3.05, 3.63) is 23.4 Å². The smallest absolute Gasteiger partial charge is 0.131 e. The van der Waals surface area contributed by atoms with Gasteiger partial charge < -0.3 is 14.8 Å². The van der Waals surface area contributed by atoms with Crippen molar-refractivity contribution in [1.29, 1.82) is 0 Å². The van der Waals surface area contributed by atoms with Gasteiger partial charge >= 0.3 is 0 Å². The lowest BCUT2D eigenvalue weighted by atomic mass is 10.4. The van der Waals surface area contributed by atoms with Crippen LogP contribution in [-0.2, 0) is 9.47 Å². The highest BCUT2D eigenvalue weighted by Crippen LogP contribution is 2.08. The Balaban J connectivity index is 2.03. The summed E-state index contributed by atoms with van der Waals surface area (Å²) >= 11 is 5.75. The Bertz CT molecular complexity index is 297. The number of methoxy groups -OCH3 is 1. The van der Waals surface area contributed by atoms with Gasteiger partial charge in [-0.15, -0.1) is 0 Å². The summed E-state index contributed by atoms with van der Waals surface area (Å²) in [6, 6.07) is 5.50. The zero-order chi connectivity index (χ0) is 11.6. The lowest BCUT2D eigenvalue weighted by Gasteiger charge is -2.06. The molecule has 1 heterocycles. The van der Waals surface area contributed by atoms with E-state index in [-0.39, 0.29) is 0 Å². The highest BCUT2D eigenvalue weighted by molar-refractivity contribution is 6.29. The van der Waals surface area contributed by atoms with Crippen LogP contribution in [0.2, 0.25) is 5.15 Å². The fraction of sp³-hybridized carbons (Fsp3) is 0.545. The molecule has 1 N–H and O–H groups in total. The molecule has 0 saturated carbocycles. The maximum Gasteiger partial charge on any atom is 0.131 e. The van der Waals surface area contributed by atoms with Gasteiger partial charge in [0.2, 0.25) is 0 Å². The van der Waals surface area contributed by atoms with E-state index in [1.165, 1.54) is 0 Å². The Labute approximate surface area is 101 Å². The van der Waals surface area contributed by atoms with Crippen LogP contribution in [0.3, 0.4) is 0 Å². The second kappa shape index (κ2) is 8.33. The first-order chi connectivity index (χ1) is 7.83. The van der Waals surface area contributed by atoms with Crippen molar-refractivity contribution in [1.82, 2.24) is 4.98 Å². The molecule has 1 aromatic rings. The van der Waals surface area contributed by atoms with Crippen molar-refractivity contribution >= 4 is 17.4 Å². The van der Waals surface area contributed by atoms with E-state index < -0.39 is 0 Å². The first kappa shape index (κ1) is 13.2. The summed E-state index contributed by atoms with van der Waals surface area (Å²) in [6.07, 6.45) is 0.928. The van der Waals surface area contributed by atoms with Crippen LogP contribution >= 0.6 is 11.6 Å². The van der Waals surface area contributed by atoms with Gasteiger partial charge in [0.25, 0.3) is 0 Å². The molecule has 90 valence electrons. The molecule has 4 nitrogen and oxygen atoms in total. The van der Waals surface area contributed by atoms with E-state index in [1.807, 2.05) is 12.1 Å². The molecule has 0 aliphatic rings. The molecule has 0 radical (unpaired) electrons. The van der Waals surface area contributed by atoms with Gasteiger partial charge in [-0.3, -0.25) is 0 Å². The lowest BCUT2D eigenvalue weighted by Crippen LogP contribution is -2.09. The molecule has 5 heteroatoms. The number of halogens is 1. The Morgan fingerprint density at radius 1 is 1.31 bits per heavy atom. The first-order valence-corrected chi connectivity index (χ1v) is 5.64. The molecule has 0 saturated heterocycles. The number of anilines is 1. The molecule has 0 spiro atoms. The summed E-state index contributed by atoms with van der Waals surface area (Å²) in [5.74, 6) is 0.796. The Hall–Kier alpha value is -0.840. The van der Waals surface area contributed by atoms with Gasteiger partial charge in [-0.25, -0.2) is 4.98 Å². The van der Waals surface area contributed by atoms with Gasteiger partial charge in [0, 0.05) is 20.3 Å². The van der Waals surface area contributed by atoms with Crippen molar-refractivity contribution in [2.75, 3.05) is 38.8 Å². The average Bonchev–Trinajstić information content (AvgIpc) is 2.28. The highest BCUT2D eigenvalue weighted by atomic mass is 35.5. The topological polar surface area (TPSA) is 43.4 Å². The van der Waals surface area contributed by atoms with E-state index in [2.05, 4.69) is 10.3 Å². The molecule has 0 aliphatic heterocycles. The number of ether oxygens (including phenoxy) is 2. The van der Waals surface area contributed by atoms with Gasteiger partial charge in [0.15, 0.2) is 0 Å². The molecule has 1 aromatic heterocycles. The maximum atomic E-state index is 5.75. The van der Waals surface area contributed by atoms with Gasteiger partial charge in [0.1, 0.15) is 11.0 Å². The van der Waals surface area contributed by atoms with Crippen molar-refractivity contribution in [2.45, 2.75) is 6.42 Å². The lowest BCUT2D eigenvalue weighted by molar-refractivity contribution is 0.0705. The standard InChI is InChI=1S/C11H17ClN2O2/c1-15-8-9-16-7-3-6-13-11-5-2-4-10(12)14-11/h2,4-5H,3,6-9H2,1H3,(H,13,14). The van der Waals surface area contributed by atoms with Gasteiger partial charge in [-0.1, -0.05) is 17.7 Å². The minimum atomic E-state index is 0.501. The second-order valence-corrected chi connectivity index (χ2v) is 3.62. The third kappa shape index (κ3) is 5.90. The third-order valence-corrected chi connectivity index (χ3v) is 2.13. The molecule has 0 atom stereocenters. The summed E-state index contributed by atoms with van der Waals surface area (Å²) in [7, 11) is 1.66. The summed E-state index contributed by atoms with van der Waals surface area (Å²) in [4.78, 5) is 4.11. The second-order valence-electron chi connectivity index (χ2n) is 3.23. The number of rotatable bonds is 8.